The van der Waals surface area contributed by atoms with Crippen LogP contribution in [0.5, 0.6) is 5.75 Å². The fourth-order valence-electron chi connectivity index (χ4n) is 2.45. The summed E-state index contributed by atoms with van der Waals surface area (Å²) in [4.78, 5) is 27.4. The Morgan fingerprint density at radius 2 is 1.79 bits per heavy atom. The van der Waals surface area contributed by atoms with E-state index in [0.717, 1.165) is 0 Å². The predicted octanol–water partition coefficient (Wildman–Crippen LogP) is 3.37. The van der Waals surface area contributed by atoms with Gasteiger partial charge in [-0.1, -0.05) is 18.2 Å². The molecular formula is C19H14F3N3O3. The maximum Gasteiger partial charge on any atom is 0.471 e. The Kier molecular flexibility index (Phi) is 5.16. The van der Waals surface area contributed by atoms with Gasteiger partial charge in [-0.15, -0.1) is 0 Å². The number of phenolic OH excluding ortho intramolecular Hbond substituents is 1. The zero-order valence-electron chi connectivity index (χ0n) is 14.2. The first-order valence-electron chi connectivity index (χ1n) is 8.08. The van der Waals surface area contributed by atoms with Crippen LogP contribution < -0.4 is 10.6 Å². The minimum Gasteiger partial charge on any atom is -0.506 e. The smallest absolute Gasteiger partial charge is 0.471 e. The van der Waals surface area contributed by atoms with E-state index < -0.39 is 18.0 Å². The summed E-state index contributed by atoms with van der Waals surface area (Å²) < 4.78 is 36.7. The van der Waals surface area contributed by atoms with Crippen molar-refractivity contribution in [1.29, 1.82) is 0 Å². The number of anilines is 1. The van der Waals surface area contributed by atoms with E-state index in [1.165, 1.54) is 18.2 Å². The highest BCUT2D eigenvalue weighted by atomic mass is 19.4. The summed E-state index contributed by atoms with van der Waals surface area (Å²) in [7, 11) is 0. The second-order valence-corrected chi connectivity index (χ2v) is 5.86. The van der Waals surface area contributed by atoms with Crippen molar-refractivity contribution in [3.05, 3.63) is 65.9 Å². The van der Waals surface area contributed by atoms with Gasteiger partial charge in [-0.25, -0.2) is 0 Å². The van der Waals surface area contributed by atoms with Crippen LogP contribution in [-0.2, 0) is 11.3 Å². The van der Waals surface area contributed by atoms with Gasteiger partial charge in [0.2, 0.25) is 0 Å². The largest absolute Gasteiger partial charge is 0.506 e. The highest BCUT2D eigenvalue weighted by Gasteiger charge is 2.38. The summed E-state index contributed by atoms with van der Waals surface area (Å²) in [6, 6.07) is 14.0. The van der Waals surface area contributed by atoms with Gasteiger partial charge in [-0.2, -0.15) is 13.2 Å². The molecule has 0 fully saturated rings. The Hall–Kier alpha value is -3.62. The maximum atomic E-state index is 12.4. The van der Waals surface area contributed by atoms with Crippen LogP contribution in [0, 0.1) is 0 Å². The van der Waals surface area contributed by atoms with Crippen LogP contribution in [0.15, 0.2) is 54.6 Å². The average Bonchev–Trinajstić information content (AvgIpc) is 2.66. The molecule has 0 spiro atoms. The van der Waals surface area contributed by atoms with E-state index >= 15 is 0 Å². The third-order valence-electron chi connectivity index (χ3n) is 3.85. The van der Waals surface area contributed by atoms with E-state index in [1.807, 2.05) is 0 Å². The Bertz CT molecular complexity index is 1050. The molecule has 0 saturated heterocycles. The Morgan fingerprint density at radius 3 is 2.50 bits per heavy atom. The first kappa shape index (κ1) is 19.2. The second-order valence-electron chi connectivity index (χ2n) is 5.86. The van der Waals surface area contributed by atoms with Gasteiger partial charge in [0, 0.05) is 10.9 Å². The number of nitrogens with one attached hydrogen (secondary N) is 2. The molecule has 3 aromatic rings. The molecule has 144 valence electrons. The van der Waals surface area contributed by atoms with Crippen molar-refractivity contribution in [2.24, 2.45) is 0 Å². The van der Waals surface area contributed by atoms with E-state index in [2.05, 4.69) is 10.3 Å². The van der Waals surface area contributed by atoms with Crippen LogP contribution in [0.1, 0.15) is 16.1 Å². The minimum absolute atomic E-state index is 0.0659. The molecule has 0 saturated carbocycles. The maximum absolute atomic E-state index is 12.4. The normalized spacial score (nSPS) is 11.2. The summed E-state index contributed by atoms with van der Waals surface area (Å²) in [6.45, 7) is -0.371. The van der Waals surface area contributed by atoms with Crippen molar-refractivity contribution in [3.63, 3.8) is 0 Å². The number of nitrogens with zero attached hydrogens (tertiary/aromatic N) is 1. The summed E-state index contributed by atoms with van der Waals surface area (Å²) >= 11 is 0. The number of fused-ring (bicyclic) bond motifs is 1. The SMILES string of the molecule is O=C(Nc1ccccc1O)c1ccc2nc(CNC(=O)C(F)(F)F)ccc2c1. The first-order chi connectivity index (χ1) is 13.2. The number of aromatic hydroxyl groups is 1. The van der Waals surface area contributed by atoms with Gasteiger partial charge in [-0.05, 0) is 36.4 Å². The molecule has 3 N–H and O–H groups in total. The molecule has 2 amide bonds. The number of amides is 2. The molecule has 2 aromatic carbocycles. The molecule has 0 bridgehead atoms. The van der Waals surface area contributed by atoms with Crippen molar-refractivity contribution in [1.82, 2.24) is 10.3 Å². The van der Waals surface area contributed by atoms with Crippen molar-refractivity contribution < 1.29 is 27.9 Å². The lowest BCUT2D eigenvalue weighted by Crippen LogP contribution is -2.36. The molecular weight excluding hydrogens is 375 g/mol. The van der Waals surface area contributed by atoms with Crippen LogP contribution in [0.4, 0.5) is 18.9 Å². The molecule has 1 aromatic heterocycles. The van der Waals surface area contributed by atoms with Gasteiger partial charge in [-0.3, -0.25) is 14.6 Å². The molecule has 0 aliphatic rings. The number of alkyl halides is 3. The number of rotatable bonds is 4. The van der Waals surface area contributed by atoms with Gasteiger partial charge in [0.15, 0.2) is 0 Å². The van der Waals surface area contributed by atoms with Gasteiger partial charge in [0.25, 0.3) is 5.91 Å². The zero-order valence-corrected chi connectivity index (χ0v) is 14.2. The van der Waals surface area contributed by atoms with Crippen LogP contribution in [0.25, 0.3) is 10.9 Å². The quantitative estimate of drug-likeness (QED) is 0.597. The second kappa shape index (κ2) is 7.55. The Morgan fingerprint density at radius 1 is 1.04 bits per heavy atom. The first-order valence-corrected chi connectivity index (χ1v) is 8.08. The molecule has 9 heteroatoms. The van der Waals surface area contributed by atoms with Crippen LogP contribution in [0.2, 0.25) is 0 Å². The number of aromatic nitrogens is 1. The topological polar surface area (TPSA) is 91.3 Å². The summed E-state index contributed by atoms with van der Waals surface area (Å²) in [5.74, 6) is -2.54. The molecule has 1 heterocycles. The fourth-order valence-corrected chi connectivity index (χ4v) is 2.45. The van der Waals surface area contributed by atoms with Gasteiger partial charge in [0.1, 0.15) is 5.75 Å². The highest BCUT2D eigenvalue weighted by Crippen LogP contribution is 2.23. The predicted molar refractivity (Wildman–Crippen MR) is 95.7 cm³/mol. The minimum atomic E-state index is -4.95. The third-order valence-corrected chi connectivity index (χ3v) is 3.85. The molecule has 0 aliphatic heterocycles. The Balaban J connectivity index is 1.75. The summed E-state index contributed by atoms with van der Waals surface area (Å²) in [6.07, 6.45) is -4.95. The lowest BCUT2D eigenvalue weighted by atomic mass is 10.1. The summed E-state index contributed by atoms with van der Waals surface area (Å²) in [5, 5.41) is 14.7. The number of hydrogen-bond acceptors (Lipinski definition) is 4. The molecule has 0 unspecified atom stereocenters. The number of hydrogen-bond donors (Lipinski definition) is 3. The average molecular weight is 389 g/mol. The lowest BCUT2D eigenvalue weighted by molar-refractivity contribution is -0.173. The Labute approximate surface area is 157 Å². The number of phenols is 1. The number of halogens is 3. The number of carbonyl (C=O) groups excluding carboxylic acids is 2. The van der Waals surface area contributed by atoms with E-state index in [4.69, 9.17) is 0 Å². The van der Waals surface area contributed by atoms with Crippen LogP contribution in [-0.4, -0.2) is 28.1 Å². The van der Waals surface area contributed by atoms with Gasteiger partial charge in [0.05, 0.1) is 23.4 Å². The molecule has 28 heavy (non-hydrogen) atoms. The fraction of sp³-hybridized carbons (Fsp3) is 0.105. The number of para-hydroxylation sites is 2. The van der Waals surface area contributed by atoms with Crippen LogP contribution >= 0.6 is 0 Å². The number of benzene rings is 2. The summed E-state index contributed by atoms with van der Waals surface area (Å²) in [5.41, 5.74) is 1.28. The van der Waals surface area contributed by atoms with E-state index in [-0.39, 0.29) is 23.7 Å². The van der Waals surface area contributed by atoms with Crippen LogP contribution in [0.3, 0.4) is 0 Å². The van der Waals surface area contributed by atoms with E-state index in [0.29, 0.717) is 16.5 Å². The highest BCUT2D eigenvalue weighted by molar-refractivity contribution is 6.06. The molecule has 0 radical (unpaired) electrons. The lowest BCUT2D eigenvalue weighted by Gasteiger charge is -2.09. The third kappa shape index (κ3) is 4.37. The van der Waals surface area contributed by atoms with E-state index in [1.54, 1.807) is 41.7 Å². The van der Waals surface area contributed by atoms with Gasteiger partial charge >= 0.3 is 12.1 Å². The monoisotopic (exact) mass is 389 g/mol. The number of pyridine rings is 1. The molecule has 3 rings (SSSR count). The zero-order chi connectivity index (χ0) is 20.3. The van der Waals surface area contributed by atoms with Crippen molar-refractivity contribution in [3.8, 4) is 5.75 Å². The molecule has 6 nitrogen and oxygen atoms in total. The van der Waals surface area contributed by atoms with Crippen molar-refractivity contribution in [2.75, 3.05) is 5.32 Å². The van der Waals surface area contributed by atoms with Gasteiger partial charge < -0.3 is 15.7 Å². The molecule has 0 atom stereocenters. The molecule has 0 aliphatic carbocycles. The number of carbonyl (C=O) groups is 2. The van der Waals surface area contributed by atoms with Crippen molar-refractivity contribution >= 4 is 28.4 Å². The van der Waals surface area contributed by atoms with E-state index in [9.17, 15) is 27.9 Å². The standard InChI is InChI=1S/C19H14F3N3O3/c20-19(21,22)18(28)23-10-13-7-5-11-9-12(6-8-14(11)24-13)17(27)25-15-3-1-2-4-16(15)26/h1-9,26H,10H2,(H,23,28)(H,25,27). The van der Waals surface area contributed by atoms with Crippen molar-refractivity contribution in [2.45, 2.75) is 12.7 Å².